The number of anilines is 1. The third kappa shape index (κ3) is 5.91. The van der Waals surface area contributed by atoms with Crippen molar-refractivity contribution in [2.24, 2.45) is 0 Å². The molecule has 0 saturated carbocycles. The van der Waals surface area contributed by atoms with E-state index in [1.165, 1.54) is 25.2 Å². The van der Waals surface area contributed by atoms with Gasteiger partial charge in [0.15, 0.2) is 0 Å². The standard InChI is InChI=1S/C13H20ClN3O3S/c1-15-13(18)11-9-10(14)5-6-12(11)16-21(19,20)8-4-7-17(2)3/h5-6,9,16H,4,7-8H2,1-3H3,(H,15,18). The Kier molecular flexibility index (Phi) is 6.44. The molecule has 0 aliphatic heterocycles. The van der Waals surface area contributed by atoms with Crippen molar-refractivity contribution in [3.63, 3.8) is 0 Å². The summed E-state index contributed by atoms with van der Waals surface area (Å²) in [6, 6.07) is 4.44. The van der Waals surface area contributed by atoms with Gasteiger partial charge in [-0.1, -0.05) is 11.6 Å². The first-order chi connectivity index (χ1) is 9.75. The number of amides is 1. The summed E-state index contributed by atoms with van der Waals surface area (Å²) in [5, 5.41) is 2.82. The van der Waals surface area contributed by atoms with E-state index in [-0.39, 0.29) is 17.0 Å². The first-order valence-corrected chi connectivity index (χ1v) is 8.45. The topological polar surface area (TPSA) is 78.5 Å². The third-order valence-corrected chi connectivity index (χ3v) is 4.33. The maximum atomic E-state index is 12.0. The number of carbonyl (C=O) groups is 1. The van der Waals surface area contributed by atoms with Crippen LogP contribution in [-0.4, -0.2) is 52.7 Å². The molecule has 6 nitrogen and oxygen atoms in total. The van der Waals surface area contributed by atoms with E-state index in [0.717, 1.165) is 0 Å². The van der Waals surface area contributed by atoms with Crippen LogP contribution in [0, 0.1) is 0 Å². The minimum Gasteiger partial charge on any atom is -0.355 e. The van der Waals surface area contributed by atoms with Gasteiger partial charge in [0.25, 0.3) is 5.91 Å². The molecule has 1 amide bonds. The molecular formula is C13H20ClN3O3S. The van der Waals surface area contributed by atoms with Crippen LogP contribution in [0.4, 0.5) is 5.69 Å². The highest BCUT2D eigenvalue weighted by molar-refractivity contribution is 7.92. The fraction of sp³-hybridized carbons (Fsp3) is 0.462. The van der Waals surface area contributed by atoms with Gasteiger partial charge in [-0.05, 0) is 45.3 Å². The molecule has 0 heterocycles. The average molecular weight is 334 g/mol. The van der Waals surface area contributed by atoms with E-state index in [9.17, 15) is 13.2 Å². The van der Waals surface area contributed by atoms with Crippen LogP contribution in [0.1, 0.15) is 16.8 Å². The Bertz CT molecular complexity index is 603. The molecule has 2 N–H and O–H groups in total. The van der Waals surface area contributed by atoms with Gasteiger partial charge < -0.3 is 10.2 Å². The molecule has 0 aliphatic carbocycles. The second-order valence-corrected chi connectivity index (χ2v) is 7.13. The Morgan fingerprint density at radius 3 is 2.57 bits per heavy atom. The number of hydrogen-bond donors (Lipinski definition) is 2. The highest BCUT2D eigenvalue weighted by Gasteiger charge is 2.16. The first kappa shape index (κ1) is 17.7. The molecule has 0 spiro atoms. The molecule has 1 rings (SSSR count). The lowest BCUT2D eigenvalue weighted by Gasteiger charge is -2.13. The smallest absolute Gasteiger partial charge is 0.253 e. The molecule has 21 heavy (non-hydrogen) atoms. The van der Waals surface area contributed by atoms with Gasteiger partial charge in [0.2, 0.25) is 10.0 Å². The van der Waals surface area contributed by atoms with Crippen molar-refractivity contribution in [2.45, 2.75) is 6.42 Å². The zero-order chi connectivity index (χ0) is 16.0. The number of rotatable bonds is 7. The summed E-state index contributed by atoms with van der Waals surface area (Å²) >= 11 is 5.84. The number of sulfonamides is 1. The second kappa shape index (κ2) is 7.63. The van der Waals surface area contributed by atoms with E-state index < -0.39 is 15.9 Å². The van der Waals surface area contributed by atoms with Gasteiger partial charge in [0.05, 0.1) is 17.0 Å². The number of nitrogens with zero attached hydrogens (tertiary/aromatic N) is 1. The lowest BCUT2D eigenvalue weighted by atomic mass is 10.2. The minimum atomic E-state index is -3.51. The summed E-state index contributed by atoms with van der Waals surface area (Å²) in [6.07, 6.45) is 0.505. The Labute approximate surface area is 130 Å². The number of benzene rings is 1. The Morgan fingerprint density at radius 1 is 1.33 bits per heavy atom. The quantitative estimate of drug-likeness (QED) is 0.790. The lowest BCUT2D eigenvalue weighted by Crippen LogP contribution is -2.24. The van der Waals surface area contributed by atoms with Gasteiger partial charge in [-0.2, -0.15) is 0 Å². The molecular weight excluding hydrogens is 314 g/mol. The van der Waals surface area contributed by atoms with Crippen LogP contribution in [0.25, 0.3) is 0 Å². The van der Waals surface area contributed by atoms with E-state index >= 15 is 0 Å². The summed E-state index contributed by atoms with van der Waals surface area (Å²) < 4.78 is 26.5. The van der Waals surface area contributed by atoms with Crippen molar-refractivity contribution in [1.82, 2.24) is 10.2 Å². The van der Waals surface area contributed by atoms with Crippen LogP contribution in [0.5, 0.6) is 0 Å². The van der Waals surface area contributed by atoms with Crippen molar-refractivity contribution >= 4 is 33.2 Å². The highest BCUT2D eigenvalue weighted by atomic mass is 35.5. The largest absolute Gasteiger partial charge is 0.355 e. The number of hydrogen-bond acceptors (Lipinski definition) is 4. The second-order valence-electron chi connectivity index (χ2n) is 4.85. The molecule has 1 aromatic rings. The highest BCUT2D eigenvalue weighted by Crippen LogP contribution is 2.22. The fourth-order valence-corrected chi connectivity index (χ4v) is 3.01. The molecule has 118 valence electrons. The molecule has 8 heteroatoms. The molecule has 0 unspecified atom stereocenters. The van der Waals surface area contributed by atoms with E-state index in [0.29, 0.717) is 18.0 Å². The fourth-order valence-electron chi connectivity index (χ4n) is 1.72. The van der Waals surface area contributed by atoms with Crippen molar-refractivity contribution in [3.05, 3.63) is 28.8 Å². The van der Waals surface area contributed by atoms with E-state index in [4.69, 9.17) is 11.6 Å². The average Bonchev–Trinajstić information content (AvgIpc) is 2.39. The normalized spacial score (nSPS) is 11.5. The van der Waals surface area contributed by atoms with Crippen molar-refractivity contribution in [2.75, 3.05) is 38.2 Å². The van der Waals surface area contributed by atoms with Gasteiger partial charge in [-0.25, -0.2) is 8.42 Å². The monoisotopic (exact) mass is 333 g/mol. The van der Waals surface area contributed by atoms with Gasteiger partial charge in [-0.3, -0.25) is 9.52 Å². The number of carbonyl (C=O) groups excluding carboxylic acids is 1. The summed E-state index contributed by atoms with van der Waals surface area (Å²) in [7, 11) is 1.72. The number of halogens is 1. The molecule has 1 aromatic carbocycles. The van der Waals surface area contributed by atoms with Crippen LogP contribution in [0.3, 0.4) is 0 Å². The molecule has 0 fully saturated rings. The molecule has 0 radical (unpaired) electrons. The predicted molar refractivity (Wildman–Crippen MR) is 85.4 cm³/mol. The van der Waals surface area contributed by atoms with Crippen LogP contribution >= 0.6 is 11.6 Å². The summed E-state index contributed by atoms with van der Waals surface area (Å²) in [5.74, 6) is -0.412. The van der Waals surface area contributed by atoms with Gasteiger partial charge in [0, 0.05) is 12.1 Å². The number of nitrogens with one attached hydrogen (secondary N) is 2. The van der Waals surface area contributed by atoms with Gasteiger partial charge >= 0.3 is 0 Å². The third-order valence-electron chi connectivity index (χ3n) is 2.74. The predicted octanol–water partition coefficient (Wildman–Crippen LogP) is 1.39. The molecule has 0 atom stereocenters. The zero-order valence-corrected chi connectivity index (χ0v) is 13.9. The van der Waals surface area contributed by atoms with Gasteiger partial charge in [-0.15, -0.1) is 0 Å². The van der Waals surface area contributed by atoms with Crippen molar-refractivity contribution in [3.8, 4) is 0 Å². The van der Waals surface area contributed by atoms with Crippen LogP contribution < -0.4 is 10.0 Å². The molecule has 0 bridgehead atoms. The Balaban J connectivity index is 2.89. The van der Waals surface area contributed by atoms with Gasteiger partial charge in [0.1, 0.15) is 0 Å². The summed E-state index contributed by atoms with van der Waals surface area (Å²) in [5.41, 5.74) is 0.421. The zero-order valence-electron chi connectivity index (χ0n) is 12.3. The maximum Gasteiger partial charge on any atom is 0.253 e. The van der Waals surface area contributed by atoms with Crippen molar-refractivity contribution < 1.29 is 13.2 Å². The first-order valence-electron chi connectivity index (χ1n) is 6.42. The summed E-state index contributed by atoms with van der Waals surface area (Å²) in [6.45, 7) is 0.670. The van der Waals surface area contributed by atoms with Crippen molar-refractivity contribution in [1.29, 1.82) is 0 Å². The molecule has 0 saturated heterocycles. The van der Waals surface area contributed by atoms with E-state index in [1.807, 2.05) is 19.0 Å². The van der Waals surface area contributed by atoms with E-state index in [2.05, 4.69) is 10.0 Å². The Hall–Kier alpha value is -1.31. The van der Waals surface area contributed by atoms with Crippen LogP contribution in [0.15, 0.2) is 18.2 Å². The maximum absolute atomic E-state index is 12.0. The SMILES string of the molecule is CNC(=O)c1cc(Cl)ccc1NS(=O)(=O)CCCN(C)C. The molecule has 0 aliphatic rings. The van der Waals surface area contributed by atoms with E-state index in [1.54, 1.807) is 0 Å². The lowest BCUT2D eigenvalue weighted by molar-refractivity contribution is 0.0964. The van der Waals surface area contributed by atoms with Crippen LogP contribution in [-0.2, 0) is 10.0 Å². The summed E-state index contributed by atoms with van der Waals surface area (Å²) in [4.78, 5) is 13.7. The Morgan fingerprint density at radius 2 is 2.00 bits per heavy atom. The minimum absolute atomic E-state index is 0.0129. The molecule has 0 aromatic heterocycles. The van der Waals surface area contributed by atoms with Crippen LogP contribution in [0.2, 0.25) is 5.02 Å².